The topological polar surface area (TPSA) is 89.2 Å². The minimum Gasteiger partial charge on any atom is -0.444 e. The molecule has 0 aliphatic rings. The molecule has 3 aromatic rings. The first-order valence-corrected chi connectivity index (χ1v) is 9.88. The maximum absolute atomic E-state index is 12.5. The normalized spacial score (nSPS) is 11.2. The number of rotatable bonds is 4. The van der Waals surface area contributed by atoms with Gasteiger partial charge in [0.2, 0.25) is 0 Å². The average Bonchev–Trinajstić information content (AvgIpc) is 2.99. The van der Waals surface area contributed by atoms with Gasteiger partial charge in [-0.25, -0.2) is 13.2 Å². The van der Waals surface area contributed by atoms with E-state index in [0.717, 1.165) is 5.56 Å². The number of carbonyl (C=O) groups excluding carboxylic acids is 1. The molecule has 132 valence electrons. The SMILES string of the molecule is N#CCc1cn(C(=O)OCc2ccccc2)c2cccc(S(=O)(=O)Cl)c12. The predicted molar refractivity (Wildman–Crippen MR) is 96.3 cm³/mol. The van der Waals surface area contributed by atoms with E-state index in [2.05, 4.69) is 0 Å². The molecule has 0 aliphatic carbocycles. The van der Waals surface area contributed by atoms with E-state index in [1.165, 1.54) is 22.9 Å². The van der Waals surface area contributed by atoms with Crippen LogP contribution < -0.4 is 0 Å². The van der Waals surface area contributed by atoms with Crippen molar-refractivity contribution in [2.75, 3.05) is 0 Å². The number of hydrogen-bond acceptors (Lipinski definition) is 5. The molecular weight excluding hydrogens is 376 g/mol. The van der Waals surface area contributed by atoms with Gasteiger partial charge in [-0.05, 0) is 23.3 Å². The Balaban J connectivity index is 2.04. The smallest absolute Gasteiger partial charge is 0.418 e. The van der Waals surface area contributed by atoms with Gasteiger partial charge < -0.3 is 4.74 Å². The van der Waals surface area contributed by atoms with Gasteiger partial charge in [0.25, 0.3) is 9.05 Å². The number of nitrogens with zero attached hydrogens (tertiary/aromatic N) is 2. The summed E-state index contributed by atoms with van der Waals surface area (Å²) in [6, 6.07) is 15.5. The van der Waals surface area contributed by atoms with Crippen LogP contribution in [0.2, 0.25) is 0 Å². The van der Waals surface area contributed by atoms with E-state index in [9.17, 15) is 13.2 Å². The lowest BCUT2D eigenvalue weighted by molar-refractivity contribution is 0.142. The summed E-state index contributed by atoms with van der Waals surface area (Å²) in [5, 5.41) is 9.27. The molecule has 26 heavy (non-hydrogen) atoms. The largest absolute Gasteiger partial charge is 0.444 e. The van der Waals surface area contributed by atoms with Gasteiger partial charge in [0, 0.05) is 22.3 Å². The van der Waals surface area contributed by atoms with Gasteiger partial charge in [0.05, 0.1) is 22.9 Å². The van der Waals surface area contributed by atoms with Gasteiger partial charge in [-0.2, -0.15) is 5.26 Å². The second kappa shape index (κ2) is 7.20. The van der Waals surface area contributed by atoms with Crippen LogP contribution in [0.1, 0.15) is 11.1 Å². The number of nitriles is 1. The zero-order valence-corrected chi connectivity index (χ0v) is 15.0. The van der Waals surface area contributed by atoms with Crippen molar-refractivity contribution in [2.45, 2.75) is 17.9 Å². The van der Waals surface area contributed by atoms with Crippen molar-refractivity contribution < 1.29 is 17.9 Å². The fourth-order valence-electron chi connectivity index (χ4n) is 2.70. The highest BCUT2D eigenvalue weighted by molar-refractivity contribution is 8.14. The predicted octanol–water partition coefficient (Wildman–Crippen LogP) is 3.82. The zero-order chi connectivity index (χ0) is 18.7. The van der Waals surface area contributed by atoms with Crippen molar-refractivity contribution in [1.82, 2.24) is 4.57 Å². The molecule has 0 fully saturated rings. The molecule has 0 spiro atoms. The molecule has 0 bridgehead atoms. The summed E-state index contributed by atoms with van der Waals surface area (Å²) in [5.41, 5.74) is 1.52. The molecule has 0 saturated carbocycles. The molecule has 0 unspecified atom stereocenters. The number of aromatic nitrogens is 1. The Kier molecular flexibility index (Phi) is 4.98. The Hall–Kier alpha value is -2.82. The van der Waals surface area contributed by atoms with E-state index < -0.39 is 15.1 Å². The molecule has 1 aromatic heterocycles. The van der Waals surface area contributed by atoms with E-state index in [1.807, 2.05) is 36.4 Å². The Bertz CT molecular complexity index is 1120. The number of hydrogen-bond donors (Lipinski definition) is 0. The summed E-state index contributed by atoms with van der Waals surface area (Å²) in [4.78, 5) is 12.3. The fraction of sp³-hybridized carbons (Fsp3) is 0.111. The molecule has 0 N–H and O–H groups in total. The highest BCUT2D eigenvalue weighted by atomic mass is 35.7. The average molecular weight is 389 g/mol. The second-order valence-corrected chi connectivity index (χ2v) is 8.02. The Morgan fingerprint density at radius 3 is 2.54 bits per heavy atom. The van der Waals surface area contributed by atoms with Crippen molar-refractivity contribution >= 4 is 36.7 Å². The first-order valence-electron chi connectivity index (χ1n) is 7.57. The van der Waals surface area contributed by atoms with Crippen LogP contribution in [0.15, 0.2) is 59.6 Å². The molecule has 0 radical (unpaired) electrons. The van der Waals surface area contributed by atoms with Crippen molar-refractivity contribution in [3.63, 3.8) is 0 Å². The van der Waals surface area contributed by atoms with E-state index in [1.54, 1.807) is 6.07 Å². The van der Waals surface area contributed by atoms with Crippen LogP contribution in [-0.4, -0.2) is 19.1 Å². The highest BCUT2D eigenvalue weighted by Gasteiger charge is 2.22. The molecule has 6 nitrogen and oxygen atoms in total. The van der Waals surface area contributed by atoms with Crippen molar-refractivity contribution in [2.24, 2.45) is 0 Å². The lowest BCUT2D eigenvalue weighted by Crippen LogP contribution is -2.12. The molecule has 0 amide bonds. The minimum atomic E-state index is -4.04. The van der Waals surface area contributed by atoms with Gasteiger partial charge in [-0.15, -0.1) is 0 Å². The van der Waals surface area contributed by atoms with Gasteiger partial charge in [0.1, 0.15) is 6.61 Å². The van der Waals surface area contributed by atoms with E-state index in [-0.39, 0.29) is 23.3 Å². The number of fused-ring (bicyclic) bond motifs is 1. The van der Waals surface area contributed by atoms with Crippen LogP contribution in [0.25, 0.3) is 10.9 Å². The summed E-state index contributed by atoms with van der Waals surface area (Å²) < 4.78 is 30.2. The Labute approximate surface area is 154 Å². The van der Waals surface area contributed by atoms with Crippen molar-refractivity contribution in [3.05, 3.63) is 65.9 Å². The molecule has 3 rings (SSSR count). The number of carbonyl (C=O) groups is 1. The van der Waals surface area contributed by atoms with Crippen LogP contribution in [0.5, 0.6) is 0 Å². The van der Waals surface area contributed by atoms with Crippen LogP contribution in [0.4, 0.5) is 4.79 Å². The van der Waals surface area contributed by atoms with Crippen molar-refractivity contribution in [3.8, 4) is 6.07 Å². The first-order chi connectivity index (χ1) is 12.4. The lowest BCUT2D eigenvalue weighted by atomic mass is 10.1. The quantitative estimate of drug-likeness (QED) is 0.634. The van der Waals surface area contributed by atoms with Crippen LogP contribution >= 0.6 is 10.7 Å². The van der Waals surface area contributed by atoms with Crippen LogP contribution in [0, 0.1) is 11.3 Å². The van der Waals surface area contributed by atoms with E-state index in [0.29, 0.717) is 11.1 Å². The molecule has 0 saturated heterocycles. The van der Waals surface area contributed by atoms with Crippen LogP contribution in [-0.2, 0) is 26.8 Å². The van der Waals surface area contributed by atoms with Crippen LogP contribution in [0.3, 0.4) is 0 Å². The zero-order valence-electron chi connectivity index (χ0n) is 13.4. The van der Waals surface area contributed by atoms with Gasteiger partial charge in [0.15, 0.2) is 0 Å². The Morgan fingerprint density at radius 2 is 1.88 bits per heavy atom. The summed E-state index contributed by atoms with van der Waals surface area (Å²) >= 11 is 0. The van der Waals surface area contributed by atoms with Gasteiger partial charge in [-0.3, -0.25) is 4.57 Å². The summed E-state index contributed by atoms with van der Waals surface area (Å²) in [6.45, 7) is 0.0699. The Morgan fingerprint density at radius 1 is 1.15 bits per heavy atom. The van der Waals surface area contributed by atoms with Gasteiger partial charge >= 0.3 is 6.09 Å². The molecule has 8 heteroatoms. The lowest BCUT2D eigenvalue weighted by Gasteiger charge is -2.07. The number of halogens is 1. The van der Waals surface area contributed by atoms with Gasteiger partial charge in [-0.1, -0.05) is 36.4 Å². The van der Waals surface area contributed by atoms with E-state index >= 15 is 0 Å². The molecule has 1 heterocycles. The standard InChI is InChI=1S/C18H13ClN2O4S/c19-26(23,24)16-8-4-7-15-17(16)14(9-10-20)11-21(15)18(22)25-12-13-5-2-1-3-6-13/h1-8,11H,9,12H2. The third kappa shape index (κ3) is 3.57. The molecule has 0 aliphatic heterocycles. The third-order valence-corrected chi connectivity index (χ3v) is 5.17. The maximum atomic E-state index is 12.5. The molecular formula is C18H13ClN2O4S. The summed E-state index contributed by atoms with van der Waals surface area (Å²) in [6.07, 6.45) is 0.665. The maximum Gasteiger partial charge on any atom is 0.418 e. The molecule has 2 aromatic carbocycles. The third-order valence-electron chi connectivity index (χ3n) is 3.80. The monoisotopic (exact) mass is 388 g/mol. The minimum absolute atomic E-state index is 0.0699. The number of ether oxygens (including phenoxy) is 1. The molecule has 0 atom stereocenters. The summed E-state index contributed by atoms with van der Waals surface area (Å²) in [5.74, 6) is 0. The highest BCUT2D eigenvalue weighted by Crippen LogP contribution is 2.31. The first kappa shape index (κ1) is 18.0. The fourth-order valence-corrected chi connectivity index (χ4v) is 3.80. The van der Waals surface area contributed by atoms with E-state index in [4.69, 9.17) is 20.7 Å². The summed E-state index contributed by atoms with van der Waals surface area (Å²) in [7, 11) is 1.46. The van der Waals surface area contributed by atoms with Crippen molar-refractivity contribution in [1.29, 1.82) is 5.26 Å². The second-order valence-electron chi connectivity index (χ2n) is 5.49. The number of benzene rings is 2.